The molecule has 1 saturated heterocycles. The van der Waals surface area contributed by atoms with Gasteiger partial charge in [-0.05, 0) is 82.3 Å². The molecule has 0 radical (unpaired) electrons. The molecule has 0 amide bonds. The molecule has 1 fully saturated rings. The number of piperidine rings is 1. The molecule has 7 nitrogen and oxygen atoms in total. The Morgan fingerprint density at radius 2 is 1.91 bits per heavy atom. The summed E-state index contributed by atoms with van der Waals surface area (Å²) in [6, 6.07) is 9.67. The van der Waals surface area contributed by atoms with Gasteiger partial charge in [-0.3, -0.25) is 9.25 Å². The maximum atomic E-state index is 14.4. The molecule has 5 rings (SSSR count). The van der Waals surface area contributed by atoms with Crippen molar-refractivity contribution in [3.05, 3.63) is 60.3 Å². The predicted octanol–water partition coefficient (Wildman–Crippen LogP) is 4.14. The van der Waals surface area contributed by atoms with Crippen molar-refractivity contribution in [3.8, 4) is 22.7 Å². The Bertz CT molecular complexity index is 1320. The minimum atomic E-state index is -0.396. The molecule has 1 aliphatic heterocycles. The first-order valence-corrected chi connectivity index (χ1v) is 12.2. The van der Waals surface area contributed by atoms with Crippen molar-refractivity contribution in [3.63, 3.8) is 0 Å². The number of hydrogen-bond donors (Lipinski definition) is 0. The number of likely N-dealkylation sites (N-methyl/N-ethyl adjacent to an activating group) is 1. The van der Waals surface area contributed by atoms with Crippen LogP contribution in [0.25, 0.3) is 28.0 Å². The Labute approximate surface area is 205 Å². The SMILES string of the molecule is COc1ccc(-c2ccc3c(CCN(C)C4CCN(C)CC4)cn(-c4cnn(C)c4)c3n2)cc1F. The van der Waals surface area contributed by atoms with Crippen molar-refractivity contribution in [1.29, 1.82) is 0 Å². The van der Waals surface area contributed by atoms with Crippen molar-refractivity contribution < 1.29 is 9.13 Å². The number of rotatable bonds is 7. The van der Waals surface area contributed by atoms with Crippen LogP contribution in [0, 0.1) is 5.82 Å². The summed E-state index contributed by atoms with van der Waals surface area (Å²) in [5.41, 5.74) is 4.50. The second-order valence-corrected chi connectivity index (χ2v) is 9.58. The second-order valence-electron chi connectivity index (χ2n) is 9.58. The molecule has 4 heterocycles. The number of hydrogen-bond acceptors (Lipinski definition) is 5. The minimum Gasteiger partial charge on any atom is -0.494 e. The third-order valence-electron chi connectivity index (χ3n) is 7.20. The molecule has 0 atom stereocenters. The van der Waals surface area contributed by atoms with Crippen LogP contribution in [0.4, 0.5) is 4.39 Å². The van der Waals surface area contributed by atoms with E-state index in [1.54, 1.807) is 10.7 Å². The number of nitrogens with zero attached hydrogens (tertiary/aromatic N) is 6. The Hall–Kier alpha value is -3.23. The lowest BCUT2D eigenvalue weighted by Crippen LogP contribution is -2.42. The lowest BCUT2D eigenvalue weighted by atomic mass is 10.0. The molecule has 35 heavy (non-hydrogen) atoms. The van der Waals surface area contributed by atoms with Gasteiger partial charge in [0, 0.05) is 43.0 Å². The van der Waals surface area contributed by atoms with E-state index in [4.69, 9.17) is 9.72 Å². The molecular weight excluding hydrogens is 443 g/mol. The fourth-order valence-corrected chi connectivity index (χ4v) is 5.00. The highest BCUT2D eigenvalue weighted by Crippen LogP contribution is 2.30. The third kappa shape index (κ3) is 4.81. The monoisotopic (exact) mass is 476 g/mol. The number of ether oxygens (including phenoxy) is 1. The number of likely N-dealkylation sites (tertiary alicyclic amines) is 1. The normalized spacial score (nSPS) is 15.4. The number of fused-ring (bicyclic) bond motifs is 1. The summed E-state index contributed by atoms with van der Waals surface area (Å²) in [7, 11) is 7.82. The topological polar surface area (TPSA) is 51.4 Å². The van der Waals surface area contributed by atoms with Crippen LogP contribution in [0.5, 0.6) is 5.75 Å². The average molecular weight is 477 g/mol. The zero-order valence-electron chi connectivity index (χ0n) is 20.9. The highest BCUT2D eigenvalue weighted by Gasteiger charge is 2.21. The maximum absolute atomic E-state index is 14.4. The largest absolute Gasteiger partial charge is 0.494 e. The summed E-state index contributed by atoms with van der Waals surface area (Å²) in [5, 5.41) is 5.47. The first-order valence-electron chi connectivity index (χ1n) is 12.2. The minimum absolute atomic E-state index is 0.226. The molecule has 4 aromatic rings. The van der Waals surface area contributed by atoms with E-state index in [-0.39, 0.29) is 5.75 Å². The van der Waals surface area contributed by atoms with Crippen LogP contribution in [0.2, 0.25) is 0 Å². The van der Waals surface area contributed by atoms with Crippen LogP contribution in [-0.4, -0.2) is 76.0 Å². The second kappa shape index (κ2) is 9.79. The van der Waals surface area contributed by atoms with E-state index in [1.807, 2.05) is 31.6 Å². The van der Waals surface area contributed by atoms with Gasteiger partial charge in [-0.2, -0.15) is 5.10 Å². The van der Waals surface area contributed by atoms with Crippen LogP contribution in [0.15, 0.2) is 48.9 Å². The van der Waals surface area contributed by atoms with E-state index in [9.17, 15) is 4.39 Å². The van der Waals surface area contributed by atoms with Crippen molar-refractivity contribution >= 4 is 11.0 Å². The zero-order valence-corrected chi connectivity index (χ0v) is 20.9. The molecule has 0 N–H and O–H groups in total. The molecule has 184 valence electrons. The Morgan fingerprint density at radius 1 is 1.11 bits per heavy atom. The van der Waals surface area contributed by atoms with Crippen molar-refractivity contribution in [2.75, 3.05) is 40.8 Å². The molecule has 3 aromatic heterocycles. The van der Waals surface area contributed by atoms with E-state index >= 15 is 0 Å². The fraction of sp³-hybridized carbons (Fsp3) is 0.407. The molecule has 8 heteroatoms. The quantitative estimate of drug-likeness (QED) is 0.401. The highest BCUT2D eigenvalue weighted by atomic mass is 19.1. The van der Waals surface area contributed by atoms with E-state index in [1.165, 1.54) is 31.6 Å². The van der Waals surface area contributed by atoms with E-state index < -0.39 is 5.82 Å². The molecule has 0 unspecified atom stereocenters. The van der Waals surface area contributed by atoms with Crippen LogP contribution >= 0.6 is 0 Å². The van der Waals surface area contributed by atoms with Gasteiger partial charge in [-0.15, -0.1) is 0 Å². The fourth-order valence-electron chi connectivity index (χ4n) is 5.00. The first kappa shape index (κ1) is 23.5. The number of aromatic nitrogens is 4. The van der Waals surface area contributed by atoms with Crippen molar-refractivity contribution in [1.82, 2.24) is 29.1 Å². The van der Waals surface area contributed by atoms with Gasteiger partial charge in [0.1, 0.15) is 5.65 Å². The summed E-state index contributed by atoms with van der Waals surface area (Å²) in [5.74, 6) is -0.170. The van der Waals surface area contributed by atoms with Gasteiger partial charge in [-0.25, -0.2) is 9.37 Å². The van der Waals surface area contributed by atoms with Gasteiger partial charge in [0.2, 0.25) is 0 Å². The lowest BCUT2D eigenvalue weighted by Gasteiger charge is -2.35. The Kier molecular flexibility index (Phi) is 6.58. The highest BCUT2D eigenvalue weighted by molar-refractivity contribution is 5.84. The van der Waals surface area contributed by atoms with Crippen LogP contribution < -0.4 is 4.74 Å². The van der Waals surface area contributed by atoms with Gasteiger partial charge >= 0.3 is 0 Å². The standard InChI is InChI=1S/C27H33FN6O/c1-31-12-10-21(11-13-31)32(2)14-9-20-17-34(22-16-29-33(3)18-22)27-23(20)6-7-25(30-27)19-5-8-26(35-4)24(28)15-19/h5-8,15-18,21H,9-14H2,1-4H3. The molecular formula is C27H33FN6O. The zero-order chi connectivity index (χ0) is 24.5. The van der Waals surface area contributed by atoms with Gasteiger partial charge in [0.25, 0.3) is 0 Å². The van der Waals surface area contributed by atoms with Crippen LogP contribution in [0.1, 0.15) is 18.4 Å². The number of pyridine rings is 1. The summed E-state index contributed by atoms with van der Waals surface area (Å²) < 4.78 is 23.3. The molecule has 0 aliphatic carbocycles. The number of benzene rings is 1. The lowest BCUT2D eigenvalue weighted by molar-refractivity contribution is 0.145. The average Bonchev–Trinajstić information content (AvgIpc) is 3.45. The van der Waals surface area contributed by atoms with Crippen molar-refractivity contribution in [2.24, 2.45) is 7.05 Å². The van der Waals surface area contributed by atoms with E-state index in [0.717, 1.165) is 48.5 Å². The number of methoxy groups -OCH3 is 1. The number of halogens is 1. The molecule has 1 aliphatic rings. The smallest absolute Gasteiger partial charge is 0.165 e. The Balaban J connectivity index is 1.47. The molecule has 0 saturated carbocycles. The predicted molar refractivity (Wildman–Crippen MR) is 137 cm³/mol. The molecule has 1 aromatic carbocycles. The van der Waals surface area contributed by atoms with Crippen LogP contribution in [-0.2, 0) is 13.5 Å². The number of aryl methyl sites for hydroxylation is 1. The summed E-state index contributed by atoms with van der Waals surface area (Å²) >= 11 is 0. The molecule has 0 bridgehead atoms. The van der Waals surface area contributed by atoms with Gasteiger partial charge < -0.3 is 14.5 Å². The maximum Gasteiger partial charge on any atom is 0.165 e. The van der Waals surface area contributed by atoms with Gasteiger partial charge in [0.15, 0.2) is 11.6 Å². The molecule has 0 spiro atoms. The summed E-state index contributed by atoms with van der Waals surface area (Å²) in [4.78, 5) is 9.88. The van der Waals surface area contributed by atoms with E-state index in [0.29, 0.717) is 11.6 Å². The van der Waals surface area contributed by atoms with Gasteiger partial charge in [0.05, 0.1) is 24.7 Å². The van der Waals surface area contributed by atoms with Gasteiger partial charge in [-0.1, -0.05) is 0 Å². The van der Waals surface area contributed by atoms with E-state index in [2.05, 4.69) is 45.8 Å². The summed E-state index contributed by atoms with van der Waals surface area (Å²) in [6.07, 6.45) is 9.37. The summed E-state index contributed by atoms with van der Waals surface area (Å²) in [6.45, 7) is 3.31. The van der Waals surface area contributed by atoms with Crippen molar-refractivity contribution in [2.45, 2.75) is 25.3 Å². The Morgan fingerprint density at radius 3 is 2.60 bits per heavy atom. The third-order valence-corrected chi connectivity index (χ3v) is 7.20. The first-order chi connectivity index (χ1) is 16.9. The van der Waals surface area contributed by atoms with Crippen LogP contribution in [0.3, 0.4) is 0 Å².